The SMILES string of the molecule is CCCc1ccc([C@H]([NH2+]CC(=O)Nc2ccc(C(=O)NC)cc2)c2cccs2)cc1. The molecule has 6 heteroatoms. The van der Waals surface area contributed by atoms with E-state index >= 15 is 0 Å². The Morgan fingerprint density at radius 2 is 1.77 bits per heavy atom. The maximum absolute atomic E-state index is 12.5. The van der Waals surface area contributed by atoms with E-state index in [2.05, 4.69) is 58.6 Å². The third-order valence-corrected chi connectivity index (χ3v) is 5.88. The molecule has 3 aromatic rings. The third-order valence-electron chi connectivity index (χ3n) is 4.92. The van der Waals surface area contributed by atoms with Gasteiger partial charge < -0.3 is 16.0 Å². The Morgan fingerprint density at radius 1 is 1.03 bits per heavy atom. The fourth-order valence-electron chi connectivity index (χ4n) is 3.35. The Hall–Kier alpha value is -2.96. The second-order valence-corrected chi connectivity index (χ2v) is 8.11. The minimum absolute atomic E-state index is 0.0770. The van der Waals surface area contributed by atoms with E-state index in [4.69, 9.17) is 0 Å². The topological polar surface area (TPSA) is 74.8 Å². The van der Waals surface area contributed by atoms with Crippen LogP contribution in [0.1, 0.15) is 45.7 Å². The standard InChI is InChI=1S/C24H27N3O2S/c1-3-5-17-7-9-18(10-8-17)23(21-6-4-15-30-21)26-16-22(28)27-20-13-11-19(12-14-20)24(29)25-2/h4,6-15,23,26H,3,5,16H2,1-2H3,(H,25,29)(H,27,28)/p+1/t23-/m0/s1. The van der Waals surface area contributed by atoms with Gasteiger partial charge in [0.05, 0.1) is 4.88 Å². The number of quaternary nitrogens is 1. The molecule has 0 saturated heterocycles. The van der Waals surface area contributed by atoms with Gasteiger partial charge in [-0.1, -0.05) is 43.7 Å². The Kier molecular flexibility index (Phi) is 7.76. The zero-order valence-electron chi connectivity index (χ0n) is 17.4. The Bertz CT molecular complexity index is 951. The summed E-state index contributed by atoms with van der Waals surface area (Å²) >= 11 is 1.70. The van der Waals surface area contributed by atoms with Crippen LogP contribution in [-0.4, -0.2) is 25.4 Å². The lowest BCUT2D eigenvalue weighted by atomic mass is 10.0. The first-order valence-corrected chi connectivity index (χ1v) is 11.1. The number of rotatable bonds is 9. The van der Waals surface area contributed by atoms with Crippen molar-refractivity contribution in [1.82, 2.24) is 5.32 Å². The van der Waals surface area contributed by atoms with Gasteiger partial charge in [0.15, 0.2) is 6.54 Å². The van der Waals surface area contributed by atoms with Gasteiger partial charge in [0.25, 0.3) is 11.8 Å². The molecule has 0 saturated carbocycles. The van der Waals surface area contributed by atoms with Crippen LogP contribution in [0.5, 0.6) is 0 Å². The van der Waals surface area contributed by atoms with Gasteiger partial charge in [0.1, 0.15) is 6.04 Å². The van der Waals surface area contributed by atoms with Crippen LogP contribution >= 0.6 is 11.3 Å². The maximum Gasteiger partial charge on any atom is 0.279 e. The van der Waals surface area contributed by atoms with E-state index in [0.717, 1.165) is 12.8 Å². The average molecular weight is 423 g/mol. The number of carbonyl (C=O) groups is 2. The number of thiophene rings is 1. The second kappa shape index (κ2) is 10.7. The number of aryl methyl sites for hydroxylation is 1. The maximum atomic E-state index is 12.5. The number of hydrogen-bond donors (Lipinski definition) is 3. The highest BCUT2D eigenvalue weighted by atomic mass is 32.1. The van der Waals surface area contributed by atoms with E-state index < -0.39 is 0 Å². The largest absolute Gasteiger partial charge is 0.355 e. The van der Waals surface area contributed by atoms with Gasteiger partial charge in [-0.2, -0.15) is 0 Å². The number of benzene rings is 2. The molecule has 0 aliphatic heterocycles. The van der Waals surface area contributed by atoms with Crippen molar-refractivity contribution in [3.05, 3.63) is 87.6 Å². The smallest absolute Gasteiger partial charge is 0.279 e. The summed E-state index contributed by atoms with van der Waals surface area (Å²) < 4.78 is 0. The Balaban J connectivity index is 1.64. The molecule has 1 aromatic heterocycles. The number of nitrogens with one attached hydrogen (secondary N) is 2. The summed E-state index contributed by atoms with van der Waals surface area (Å²) in [5.74, 6) is -0.225. The lowest BCUT2D eigenvalue weighted by Crippen LogP contribution is -2.87. The fraction of sp³-hybridized carbons (Fsp3) is 0.250. The number of hydrogen-bond acceptors (Lipinski definition) is 3. The molecule has 0 unspecified atom stereocenters. The third kappa shape index (κ3) is 5.78. The number of amides is 2. The average Bonchev–Trinajstić information content (AvgIpc) is 3.30. The van der Waals surface area contributed by atoms with Crippen molar-refractivity contribution in [3.8, 4) is 0 Å². The van der Waals surface area contributed by atoms with Gasteiger partial charge in [-0.15, -0.1) is 11.3 Å². The number of carbonyl (C=O) groups excluding carboxylic acids is 2. The van der Waals surface area contributed by atoms with Crippen LogP contribution in [0, 0.1) is 0 Å². The van der Waals surface area contributed by atoms with Crippen molar-refractivity contribution in [2.24, 2.45) is 0 Å². The molecule has 0 aliphatic rings. The molecule has 0 aliphatic carbocycles. The zero-order valence-corrected chi connectivity index (χ0v) is 18.2. The van der Waals surface area contributed by atoms with Gasteiger partial charge in [0, 0.05) is 23.9 Å². The minimum atomic E-state index is -0.148. The van der Waals surface area contributed by atoms with E-state index in [0.29, 0.717) is 17.8 Å². The normalized spacial score (nSPS) is 11.7. The summed E-state index contributed by atoms with van der Waals surface area (Å²) in [7, 11) is 1.59. The van der Waals surface area contributed by atoms with Crippen LogP contribution in [0.3, 0.4) is 0 Å². The van der Waals surface area contributed by atoms with Crippen molar-refractivity contribution < 1.29 is 14.9 Å². The van der Waals surface area contributed by atoms with E-state index in [-0.39, 0.29) is 17.9 Å². The molecule has 30 heavy (non-hydrogen) atoms. The summed E-state index contributed by atoms with van der Waals surface area (Å²) in [4.78, 5) is 25.4. The van der Waals surface area contributed by atoms with Gasteiger partial charge in [0.2, 0.25) is 0 Å². The molecule has 2 amide bonds. The first-order chi connectivity index (χ1) is 14.6. The van der Waals surface area contributed by atoms with E-state index in [1.165, 1.54) is 16.0 Å². The summed E-state index contributed by atoms with van der Waals surface area (Å²) in [6.45, 7) is 2.48. The molecular formula is C24H28N3O2S+. The van der Waals surface area contributed by atoms with Crippen LogP contribution < -0.4 is 16.0 Å². The summed E-state index contributed by atoms with van der Waals surface area (Å²) in [5.41, 5.74) is 3.77. The van der Waals surface area contributed by atoms with Crippen molar-refractivity contribution in [1.29, 1.82) is 0 Å². The highest BCUT2D eigenvalue weighted by Gasteiger charge is 2.20. The molecule has 1 atom stereocenters. The summed E-state index contributed by atoms with van der Waals surface area (Å²) in [6, 6.07) is 19.8. The molecule has 0 fully saturated rings. The van der Waals surface area contributed by atoms with Crippen LogP contribution in [0.25, 0.3) is 0 Å². The monoisotopic (exact) mass is 422 g/mol. The molecule has 3 rings (SSSR count). The molecule has 0 radical (unpaired) electrons. The van der Waals surface area contributed by atoms with Gasteiger partial charge >= 0.3 is 0 Å². The highest BCUT2D eigenvalue weighted by molar-refractivity contribution is 7.10. The molecule has 5 nitrogen and oxygen atoms in total. The number of anilines is 1. The molecule has 4 N–H and O–H groups in total. The molecule has 0 spiro atoms. The number of nitrogens with two attached hydrogens (primary N) is 1. The van der Waals surface area contributed by atoms with E-state index in [1.807, 2.05) is 6.07 Å². The van der Waals surface area contributed by atoms with E-state index in [1.54, 1.807) is 42.6 Å². The zero-order chi connectivity index (χ0) is 21.3. The molecular weight excluding hydrogens is 394 g/mol. The van der Waals surface area contributed by atoms with Gasteiger partial charge in [-0.3, -0.25) is 9.59 Å². The van der Waals surface area contributed by atoms with Crippen LogP contribution in [0.2, 0.25) is 0 Å². The molecule has 0 bridgehead atoms. The van der Waals surface area contributed by atoms with Gasteiger partial charge in [-0.05, 0) is 47.7 Å². The van der Waals surface area contributed by atoms with E-state index in [9.17, 15) is 9.59 Å². The summed E-state index contributed by atoms with van der Waals surface area (Å²) in [5, 5.41) is 9.62. The van der Waals surface area contributed by atoms with Crippen LogP contribution in [0.4, 0.5) is 5.69 Å². The van der Waals surface area contributed by atoms with Crippen molar-refractivity contribution in [2.75, 3.05) is 18.9 Å². The van der Waals surface area contributed by atoms with Crippen molar-refractivity contribution in [3.63, 3.8) is 0 Å². The second-order valence-electron chi connectivity index (χ2n) is 7.13. The first-order valence-electron chi connectivity index (χ1n) is 10.2. The highest BCUT2D eigenvalue weighted by Crippen LogP contribution is 2.23. The van der Waals surface area contributed by atoms with Crippen molar-refractivity contribution >= 4 is 28.8 Å². The first kappa shape index (κ1) is 21.7. The Labute approximate surface area is 181 Å². The molecule has 156 valence electrons. The lowest BCUT2D eigenvalue weighted by molar-refractivity contribution is -0.675. The van der Waals surface area contributed by atoms with Crippen LogP contribution in [0.15, 0.2) is 66.0 Å². The van der Waals surface area contributed by atoms with Crippen molar-refractivity contribution in [2.45, 2.75) is 25.8 Å². The van der Waals surface area contributed by atoms with Gasteiger partial charge in [-0.25, -0.2) is 0 Å². The predicted molar refractivity (Wildman–Crippen MR) is 122 cm³/mol. The summed E-state index contributed by atoms with van der Waals surface area (Å²) in [6.07, 6.45) is 2.21. The minimum Gasteiger partial charge on any atom is -0.355 e. The Morgan fingerprint density at radius 3 is 2.37 bits per heavy atom. The van der Waals surface area contributed by atoms with Crippen LogP contribution in [-0.2, 0) is 11.2 Å². The lowest BCUT2D eigenvalue weighted by Gasteiger charge is -2.15. The fourth-order valence-corrected chi connectivity index (χ4v) is 4.20. The predicted octanol–water partition coefficient (Wildman–Crippen LogP) is 3.35. The molecule has 2 aromatic carbocycles. The quantitative estimate of drug-likeness (QED) is 0.495. The molecule has 1 heterocycles.